The molecule has 0 heterocycles. The number of esters is 1. The van der Waals surface area contributed by atoms with E-state index in [1.54, 1.807) is 25.1 Å². The first-order valence-corrected chi connectivity index (χ1v) is 8.28. The van der Waals surface area contributed by atoms with Gasteiger partial charge in [-0.15, -0.1) is 0 Å². The number of ether oxygens (including phenoxy) is 2. The standard InChI is InChI=1S/C18H17ClN2O6/c1-11-9-13(19)3-8-16(11)27-12(2)18(23)26-10-17(22)20-14-4-6-15(7-5-14)21(24)25/h3-9,12H,10H2,1-2H3,(H,20,22). The van der Waals surface area contributed by atoms with Crippen molar-refractivity contribution >= 4 is 34.9 Å². The lowest BCUT2D eigenvalue weighted by Crippen LogP contribution is -2.30. The Morgan fingerprint density at radius 1 is 1.22 bits per heavy atom. The van der Waals surface area contributed by atoms with Gasteiger partial charge in [0.05, 0.1) is 4.92 Å². The van der Waals surface area contributed by atoms with E-state index in [9.17, 15) is 19.7 Å². The Morgan fingerprint density at radius 3 is 2.48 bits per heavy atom. The van der Waals surface area contributed by atoms with Gasteiger partial charge in [0.2, 0.25) is 0 Å². The Kier molecular flexibility index (Phi) is 6.73. The highest BCUT2D eigenvalue weighted by Crippen LogP contribution is 2.23. The SMILES string of the molecule is Cc1cc(Cl)ccc1OC(C)C(=O)OCC(=O)Nc1ccc([N+](=O)[O-])cc1. The molecule has 0 aliphatic rings. The summed E-state index contributed by atoms with van der Waals surface area (Å²) in [6, 6.07) is 10.3. The van der Waals surface area contributed by atoms with Gasteiger partial charge in [-0.25, -0.2) is 4.79 Å². The molecule has 9 heteroatoms. The second-order valence-corrected chi connectivity index (χ2v) is 6.07. The molecule has 1 N–H and O–H groups in total. The van der Waals surface area contributed by atoms with Gasteiger partial charge in [0, 0.05) is 22.8 Å². The Morgan fingerprint density at radius 2 is 1.89 bits per heavy atom. The number of nitro benzene ring substituents is 1. The maximum absolute atomic E-state index is 12.0. The maximum Gasteiger partial charge on any atom is 0.347 e. The minimum Gasteiger partial charge on any atom is -0.479 e. The molecule has 2 aromatic carbocycles. The van der Waals surface area contributed by atoms with Crippen LogP contribution in [0.3, 0.4) is 0 Å². The fourth-order valence-electron chi connectivity index (χ4n) is 2.10. The zero-order valence-corrected chi connectivity index (χ0v) is 15.4. The minimum atomic E-state index is -0.919. The van der Waals surface area contributed by atoms with Gasteiger partial charge >= 0.3 is 5.97 Å². The molecule has 0 bridgehead atoms. The molecule has 0 aliphatic carbocycles. The number of anilines is 1. The number of amides is 1. The maximum atomic E-state index is 12.0. The van der Waals surface area contributed by atoms with E-state index in [-0.39, 0.29) is 5.69 Å². The monoisotopic (exact) mass is 392 g/mol. The van der Waals surface area contributed by atoms with Gasteiger partial charge in [0.15, 0.2) is 12.7 Å². The Labute approximate surface area is 160 Å². The van der Waals surface area contributed by atoms with Crippen LogP contribution in [0.2, 0.25) is 5.02 Å². The topological polar surface area (TPSA) is 108 Å². The normalized spacial score (nSPS) is 11.4. The quantitative estimate of drug-likeness (QED) is 0.439. The number of carbonyl (C=O) groups excluding carboxylic acids is 2. The number of rotatable bonds is 7. The van der Waals surface area contributed by atoms with Crippen molar-refractivity contribution in [3.05, 3.63) is 63.2 Å². The lowest BCUT2D eigenvalue weighted by atomic mass is 10.2. The first-order valence-electron chi connectivity index (χ1n) is 7.90. The molecule has 2 rings (SSSR count). The van der Waals surface area contributed by atoms with E-state index >= 15 is 0 Å². The number of nitrogens with zero attached hydrogens (tertiary/aromatic N) is 1. The highest BCUT2D eigenvalue weighted by Gasteiger charge is 2.19. The van der Waals surface area contributed by atoms with Crippen LogP contribution in [-0.2, 0) is 14.3 Å². The summed E-state index contributed by atoms with van der Waals surface area (Å²) in [5, 5.41) is 13.6. The second kappa shape index (κ2) is 9.00. The van der Waals surface area contributed by atoms with Crippen LogP contribution in [0, 0.1) is 17.0 Å². The van der Waals surface area contributed by atoms with Crippen molar-refractivity contribution in [2.24, 2.45) is 0 Å². The average Bonchev–Trinajstić information content (AvgIpc) is 2.62. The van der Waals surface area contributed by atoms with Crippen LogP contribution in [0.4, 0.5) is 11.4 Å². The van der Waals surface area contributed by atoms with E-state index in [4.69, 9.17) is 21.1 Å². The third kappa shape index (κ3) is 5.96. The van der Waals surface area contributed by atoms with Gasteiger partial charge in [0.25, 0.3) is 11.6 Å². The van der Waals surface area contributed by atoms with Crippen LogP contribution in [-0.4, -0.2) is 29.5 Å². The fraction of sp³-hybridized carbons (Fsp3) is 0.222. The van der Waals surface area contributed by atoms with Gasteiger partial charge in [-0.2, -0.15) is 0 Å². The lowest BCUT2D eigenvalue weighted by Gasteiger charge is -2.15. The number of halogens is 1. The molecule has 27 heavy (non-hydrogen) atoms. The van der Waals surface area contributed by atoms with Gasteiger partial charge in [-0.3, -0.25) is 14.9 Å². The molecule has 8 nitrogen and oxygen atoms in total. The smallest absolute Gasteiger partial charge is 0.347 e. The molecule has 0 radical (unpaired) electrons. The van der Waals surface area contributed by atoms with Crippen molar-refractivity contribution in [1.82, 2.24) is 0 Å². The lowest BCUT2D eigenvalue weighted by molar-refractivity contribution is -0.384. The molecule has 0 saturated carbocycles. The molecular weight excluding hydrogens is 376 g/mol. The van der Waals surface area contributed by atoms with Crippen molar-refractivity contribution in [2.45, 2.75) is 20.0 Å². The number of benzene rings is 2. The molecule has 0 aromatic heterocycles. The Hall–Kier alpha value is -3.13. The summed E-state index contributed by atoms with van der Waals surface area (Å²) in [4.78, 5) is 33.8. The Balaban J connectivity index is 1.83. The first-order chi connectivity index (χ1) is 12.8. The number of nitro groups is 1. The second-order valence-electron chi connectivity index (χ2n) is 5.63. The predicted molar refractivity (Wildman–Crippen MR) is 99.0 cm³/mol. The van der Waals surface area contributed by atoms with Crippen molar-refractivity contribution in [1.29, 1.82) is 0 Å². The van der Waals surface area contributed by atoms with E-state index in [1.165, 1.54) is 31.2 Å². The molecule has 1 atom stereocenters. The zero-order chi connectivity index (χ0) is 20.0. The van der Waals surface area contributed by atoms with E-state index < -0.39 is 29.5 Å². The zero-order valence-electron chi connectivity index (χ0n) is 14.6. The van der Waals surface area contributed by atoms with Crippen molar-refractivity contribution < 1.29 is 24.0 Å². The number of nitrogens with one attached hydrogen (secondary N) is 1. The van der Waals surface area contributed by atoms with Crippen LogP contribution >= 0.6 is 11.6 Å². The third-order valence-electron chi connectivity index (χ3n) is 3.48. The summed E-state index contributed by atoms with van der Waals surface area (Å²) in [6.07, 6.45) is -0.919. The van der Waals surface area contributed by atoms with Gasteiger partial charge in [-0.1, -0.05) is 11.6 Å². The van der Waals surface area contributed by atoms with Crippen LogP contribution < -0.4 is 10.1 Å². The molecule has 0 saturated heterocycles. The van der Waals surface area contributed by atoms with Gasteiger partial charge in [-0.05, 0) is 49.7 Å². The molecule has 0 aliphatic heterocycles. The number of non-ortho nitro benzene ring substituents is 1. The molecule has 1 amide bonds. The molecular formula is C18H17ClN2O6. The molecule has 0 fully saturated rings. The number of aryl methyl sites for hydroxylation is 1. The predicted octanol–water partition coefficient (Wildman–Crippen LogP) is 3.51. The highest BCUT2D eigenvalue weighted by atomic mass is 35.5. The molecule has 142 valence electrons. The number of carbonyl (C=O) groups is 2. The highest BCUT2D eigenvalue weighted by molar-refractivity contribution is 6.30. The van der Waals surface area contributed by atoms with Crippen LogP contribution in [0.1, 0.15) is 12.5 Å². The van der Waals surface area contributed by atoms with E-state index in [0.29, 0.717) is 16.5 Å². The Bertz CT molecular complexity index is 853. The number of hydrogen-bond acceptors (Lipinski definition) is 6. The summed E-state index contributed by atoms with van der Waals surface area (Å²) < 4.78 is 10.4. The van der Waals surface area contributed by atoms with Crippen molar-refractivity contribution in [3.63, 3.8) is 0 Å². The molecule has 0 spiro atoms. The number of hydrogen-bond donors (Lipinski definition) is 1. The van der Waals surface area contributed by atoms with E-state index in [2.05, 4.69) is 5.32 Å². The summed E-state index contributed by atoms with van der Waals surface area (Å²) in [5.74, 6) is -0.797. The first kappa shape index (κ1) is 20.2. The van der Waals surface area contributed by atoms with E-state index in [1.807, 2.05) is 0 Å². The fourth-order valence-corrected chi connectivity index (χ4v) is 2.33. The van der Waals surface area contributed by atoms with E-state index in [0.717, 1.165) is 5.56 Å². The summed E-state index contributed by atoms with van der Waals surface area (Å²) >= 11 is 5.87. The van der Waals surface area contributed by atoms with Gasteiger partial charge < -0.3 is 14.8 Å². The molecule has 2 aromatic rings. The minimum absolute atomic E-state index is 0.0945. The van der Waals surface area contributed by atoms with Crippen LogP contribution in [0.15, 0.2) is 42.5 Å². The third-order valence-corrected chi connectivity index (χ3v) is 3.72. The van der Waals surface area contributed by atoms with Gasteiger partial charge in [0.1, 0.15) is 5.75 Å². The van der Waals surface area contributed by atoms with Crippen molar-refractivity contribution in [2.75, 3.05) is 11.9 Å². The summed E-state index contributed by atoms with van der Waals surface area (Å²) in [7, 11) is 0. The van der Waals surface area contributed by atoms with Crippen LogP contribution in [0.25, 0.3) is 0 Å². The molecule has 1 unspecified atom stereocenters. The van der Waals surface area contributed by atoms with Crippen LogP contribution in [0.5, 0.6) is 5.75 Å². The summed E-state index contributed by atoms with van der Waals surface area (Å²) in [6.45, 7) is 2.78. The summed E-state index contributed by atoms with van der Waals surface area (Å²) in [5.41, 5.74) is 1.02. The largest absolute Gasteiger partial charge is 0.479 e. The van der Waals surface area contributed by atoms with Crippen molar-refractivity contribution in [3.8, 4) is 5.75 Å². The average molecular weight is 393 g/mol.